The molecule has 3 aliphatic rings. The van der Waals surface area contributed by atoms with Crippen molar-refractivity contribution in [2.45, 2.75) is 52.1 Å². The lowest BCUT2D eigenvalue weighted by Gasteiger charge is -2.41. The van der Waals surface area contributed by atoms with Crippen molar-refractivity contribution < 1.29 is 19.1 Å². The molecule has 8 heteroatoms. The Hall–Kier alpha value is -1.08. The SMILES string of the molecule is CC1CN(C2=C(Cl)C(=O)C(N3CC(C)OC(C)C3)=C(Cl)C2=O)CC(C)O1. The number of nitrogens with zero attached hydrogens (tertiary/aromatic N) is 2. The standard InChI is InChI=1S/C18H24Cl2N2O4/c1-9-5-21(6-10(2)25-9)15-13(19)18(24)16(14(20)17(15)23)22-7-11(3)26-12(4)8-22/h9-12H,5-8H2,1-4H3. The molecule has 0 aromatic rings. The van der Waals surface area contributed by atoms with E-state index in [-0.39, 0.29) is 45.9 Å². The van der Waals surface area contributed by atoms with Gasteiger partial charge >= 0.3 is 0 Å². The highest BCUT2D eigenvalue weighted by Gasteiger charge is 2.41. The highest BCUT2D eigenvalue weighted by molar-refractivity contribution is 6.55. The largest absolute Gasteiger partial charge is 0.372 e. The Morgan fingerprint density at radius 3 is 1.23 bits per heavy atom. The maximum Gasteiger partial charge on any atom is 0.224 e. The zero-order valence-corrected chi connectivity index (χ0v) is 16.9. The van der Waals surface area contributed by atoms with E-state index < -0.39 is 11.6 Å². The van der Waals surface area contributed by atoms with Crippen LogP contribution in [0.2, 0.25) is 0 Å². The molecule has 4 unspecified atom stereocenters. The van der Waals surface area contributed by atoms with E-state index in [0.29, 0.717) is 26.2 Å². The number of hydrogen-bond acceptors (Lipinski definition) is 6. The molecule has 6 nitrogen and oxygen atoms in total. The third-order valence-electron chi connectivity index (χ3n) is 4.72. The zero-order valence-electron chi connectivity index (χ0n) is 15.4. The number of ether oxygens (including phenoxy) is 2. The Balaban J connectivity index is 1.92. The van der Waals surface area contributed by atoms with Crippen LogP contribution < -0.4 is 0 Å². The van der Waals surface area contributed by atoms with Crippen LogP contribution in [0.25, 0.3) is 0 Å². The van der Waals surface area contributed by atoms with Gasteiger partial charge in [0, 0.05) is 26.2 Å². The molecule has 2 aliphatic heterocycles. The molecule has 0 bridgehead atoms. The predicted octanol–water partition coefficient (Wildman–Crippen LogP) is 2.26. The van der Waals surface area contributed by atoms with Crippen LogP contribution >= 0.6 is 23.2 Å². The smallest absolute Gasteiger partial charge is 0.224 e. The van der Waals surface area contributed by atoms with Gasteiger partial charge in [-0.1, -0.05) is 23.2 Å². The van der Waals surface area contributed by atoms with Gasteiger partial charge in [0.25, 0.3) is 0 Å². The summed E-state index contributed by atoms with van der Waals surface area (Å²) in [6.07, 6.45) is -0.264. The third-order valence-corrected chi connectivity index (χ3v) is 5.42. The fraction of sp³-hybridized carbons (Fsp3) is 0.667. The number of halogens is 2. The maximum absolute atomic E-state index is 13.0. The van der Waals surface area contributed by atoms with Crippen LogP contribution in [0, 0.1) is 0 Å². The van der Waals surface area contributed by atoms with Gasteiger partial charge in [0.1, 0.15) is 21.5 Å². The van der Waals surface area contributed by atoms with Gasteiger partial charge in [-0.25, -0.2) is 0 Å². The van der Waals surface area contributed by atoms with Gasteiger partial charge in [-0.3, -0.25) is 9.59 Å². The van der Waals surface area contributed by atoms with Crippen molar-refractivity contribution in [3.63, 3.8) is 0 Å². The topological polar surface area (TPSA) is 59.1 Å². The fourth-order valence-corrected chi connectivity index (χ4v) is 4.50. The van der Waals surface area contributed by atoms with Gasteiger partial charge in [-0.2, -0.15) is 0 Å². The molecule has 0 aromatic heterocycles. The van der Waals surface area contributed by atoms with Crippen molar-refractivity contribution >= 4 is 34.8 Å². The van der Waals surface area contributed by atoms with E-state index in [0.717, 1.165) is 0 Å². The molecular formula is C18H24Cl2N2O4. The molecule has 4 atom stereocenters. The normalized spacial score (nSPS) is 34.1. The van der Waals surface area contributed by atoms with E-state index in [1.807, 2.05) is 37.5 Å². The molecule has 26 heavy (non-hydrogen) atoms. The van der Waals surface area contributed by atoms with Gasteiger partial charge in [0.2, 0.25) is 11.6 Å². The van der Waals surface area contributed by atoms with Crippen LogP contribution in [0.15, 0.2) is 21.5 Å². The second-order valence-electron chi connectivity index (χ2n) is 7.31. The van der Waals surface area contributed by atoms with E-state index in [1.165, 1.54) is 0 Å². The molecule has 0 spiro atoms. The Bertz CT molecular complexity index is 613. The number of ketones is 2. The second-order valence-corrected chi connectivity index (χ2v) is 8.06. The minimum Gasteiger partial charge on any atom is -0.372 e. The van der Waals surface area contributed by atoms with E-state index in [9.17, 15) is 9.59 Å². The molecule has 0 N–H and O–H groups in total. The third kappa shape index (κ3) is 3.65. The minimum absolute atomic E-state index is 0.0660. The Kier molecular flexibility index (Phi) is 5.68. The van der Waals surface area contributed by atoms with Gasteiger partial charge in [0.15, 0.2) is 0 Å². The highest BCUT2D eigenvalue weighted by atomic mass is 35.5. The van der Waals surface area contributed by atoms with Crippen LogP contribution in [0.3, 0.4) is 0 Å². The number of allylic oxidation sites excluding steroid dienone is 2. The van der Waals surface area contributed by atoms with E-state index in [2.05, 4.69) is 0 Å². The number of Topliss-reactive ketones (excluding diaryl/α,β-unsaturated/α-hetero) is 2. The summed E-state index contributed by atoms with van der Waals surface area (Å²) >= 11 is 12.8. The first-order valence-electron chi connectivity index (χ1n) is 8.88. The summed E-state index contributed by atoms with van der Waals surface area (Å²) in [5.74, 6) is -0.807. The molecule has 2 fully saturated rings. The summed E-state index contributed by atoms with van der Waals surface area (Å²) in [7, 11) is 0. The molecule has 0 saturated carbocycles. The number of morpholine rings is 2. The average molecular weight is 403 g/mol. The van der Waals surface area contributed by atoms with E-state index >= 15 is 0 Å². The van der Waals surface area contributed by atoms with Crippen molar-refractivity contribution in [1.82, 2.24) is 9.80 Å². The Labute approximate surface area is 163 Å². The molecule has 2 heterocycles. The monoisotopic (exact) mass is 402 g/mol. The summed E-state index contributed by atoms with van der Waals surface area (Å²) in [4.78, 5) is 29.6. The van der Waals surface area contributed by atoms with Crippen LogP contribution in [-0.2, 0) is 19.1 Å². The number of hydrogen-bond donors (Lipinski definition) is 0. The minimum atomic E-state index is -0.403. The average Bonchev–Trinajstić information content (AvgIpc) is 2.51. The Morgan fingerprint density at radius 1 is 0.692 bits per heavy atom. The number of carbonyl (C=O) groups excluding carboxylic acids is 2. The zero-order chi connectivity index (χ0) is 19.2. The lowest BCUT2D eigenvalue weighted by molar-refractivity contribution is -0.121. The quantitative estimate of drug-likeness (QED) is 0.660. The molecule has 0 amide bonds. The summed E-state index contributed by atoms with van der Waals surface area (Å²) in [5, 5.41) is -0.134. The second kappa shape index (κ2) is 7.50. The first-order chi connectivity index (χ1) is 12.2. The van der Waals surface area contributed by atoms with Crippen LogP contribution in [0.1, 0.15) is 27.7 Å². The van der Waals surface area contributed by atoms with Crippen molar-refractivity contribution in [3.05, 3.63) is 21.5 Å². The highest BCUT2D eigenvalue weighted by Crippen LogP contribution is 2.35. The molecule has 1 aliphatic carbocycles. The van der Waals surface area contributed by atoms with Crippen LogP contribution in [0.5, 0.6) is 0 Å². The summed E-state index contributed by atoms with van der Waals surface area (Å²) in [5.41, 5.74) is 0.364. The molecule has 144 valence electrons. The Morgan fingerprint density at radius 2 is 0.962 bits per heavy atom. The maximum atomic E-state index is 13.0. The van der Waals surface area contributed by atoms with E-state index in [1.54, 1.807) is 0 Å². The molecule has 0 aromatic carbocycles. The van der Waals surface area contributed by atoms with Crippen molar-refractivity contribution in [1.29, 1.82) is 0 Å². The van der Waals surface area contributed by atoms with Gasteiger partial charge in [0.05, 0.1) is 24.4 Å². The van der Waals surface area contributed by atoms with Crippen molar-refractivity contribution in [2.75, 3.05) is 26.2 Å². The fourth-order valence-electron chi connectivity index (χ4n) is 3.91. The molecule has 0 radical (unpaired) electrons. The van der Waals surface area contributed by atoms with Gasteiger partial charge in [-0.15, -0.1) is 0 Å². The van der Waals surface area contributed by atoms with Crippen molar-refractivity contribution in [2.24, 2.45) is 0 Å². The number of carbonyl (C=O) groups is 2. The molecule has 2 saturated heterocycles. The van der Waals surface area contributed by atoms with E-state index in [4.69, 9.17) is 32.7 Å². The van der Waals surface area contributed by atoms with Gasteiger partial charge in [-0.05, 0) is 27.7 Å². The lowest BCUT2D eigenvalue weighted by atomic mass is 10.0. The van der Waals surface area contributed by atoms with Gasteiger partial charge < -0.3 is 19.3 Å². The van der Waals surface area contributed by atoms with Crippen LogP contribution in [-0.4, -0.2) is 72.0 Å². The summed E-state index contributed by atoms with van der Waals surface area (Å²) < 4.78 is 11.4. The molecule has 3 rings (SSSR count). The first kappa shape index (κ1) is 19.7. The van der Waals surface area contributed by atoms with Crippen LogP contribution in [0.4, 0.5) is 0 Å². The molecular weight excluding hydrogens is 379 g/mol. The van der Waals surface area contributed by atoms with Crippen molar-refractivity contribution in [3.8, 4) is 0 Å². The predicted molar refractivity (Wildman–Crippen MR) is 98.9 cm³/mol. The first-order valence-corrected chi connectivity index (χ1v) is 9.64. The summed E-state index contributed by atoms with van der Waals surface area (Å²) in [6, 6.07) is 0. The summed E-state index contributed by atoms with van der Waals surface area (Å²) in [6.45, 7) is 9.63. The number of rotatable bonds is 2. The lowest BCUT2D eigenvalue weighted by Crippen LogP contribution is -2.50.